The number of benzene rings is 2. The Morgan fingerprint density at radius 3 is 2.10 bits per heavy atom. The Bertz CT molecular complexity index is 1320. The van der Waals surface area contributed by atoms with Gasteiger partial charge in [0, 0.05) is 17.4 Å². The molecule has 0 saturated carbocycles. The van der Waals surface area contributed by atoms with Crippen LogP contribution >= 0.6 is 15.9 Å². The molecule has 1 heterocycles. The molecule has 1 aliphatic heterocycles. The summed E-state index contributed by atoms with van der Waals surface area (Å²) in [7, 11) is 0. The molecule has 2 aromatic carbocycles. The van der Waals surface area contributed by atoms with Gasteiger partial charge in [0.05, 0.1) is 25.2 Å². The van der Waals surface area contributed by atoms with Gasteiger partial charge in [0.1, 0.15) is 30.5 Å². The number of carbonyl (C=O) groups excluding carboxylic acids is 2. The van der Waals surface area contributed by atoms with Crippen molar-refractivity contribution < 1.29 is 53.4 Å². The Morgan fingerprint density at radius 1 is 0.840 bits per heavy atom. The highest BCUT2D eigenvalue weighted by molar-refractivity contribution is 9.10. The average molecular weight is 774 g/mol. The van der Waals surface area contributed by atoms with Crippen molar-refractivity contribution in [1.29, 1.82) is 0 Å². The zero-order valence-electron chi connectivity index (χ0n) is 28.4. The van der Waals surface area contributed by atoms with Crippen LogP contribution in [0.2, 0.25) is 0 Å². The molecule has 0 aromatic heterocycles. The zero-order valence-corrected chi connectivity index (χ0v) is 29.9. The van der Waals surface area contributed by atoms with Gasteiger partial charge in [-0.3, -0.25) is 9.59 Å². The molecule has 1 saturated heterocycles. The molecule has 11 nitrogen and oxygen atoms in total. The van der Waals surface area contributed by atoms with Crippen molar-refractivity contribution in [2.24, 2.45) is 0 Å². The maximum Gasteiger partial charge on any atom is 0.224 e. The number of ether oxygens (including phenoxy) is 2. The van der Waals surface area contributed by atoms with Crippen molar-refractivity contribution in [1.82, 2.24) is 10.6 Å². The van der Waals surface area contributed by atoms with Gasteiger partial charge in [-0.15, -0.1) is 0 Å². The quantitative estimate of drug-likeness (QED) is 0.0940. The monoisotopic (exact) mass is 772 g/mol. The number of rotatable bonds is 21. The fourth-order valence-corrected chi connectivity index (χ4v) is 5.96. The van der Waals surface area contributed by atoms with Crippen LogP contribution in [0.4, 0.5) is 8.78 Å². The molecule has 8 atom stereocenters. The van der Waals surface area contributed by atoms with Gasteiger partial charge in [0.15, 0.2) is 17.9 Å². The van der Waals surface area contributed by atoms with Crippen LogP contribution in [0.3, 0.4) is 0 Å². The predicted molar refractivity (Wildman–Crippen MR) is 185 cm³/mol. The molecule has 7 N–H and O–H groups in total. The molecular weight excluding hydrogens is 722 g/mol. The van der Waals surface area contributed by atoms with E-state index in [1.807, 2.05) is 0 Å². The third-order valence-electron chi connectivity index (χ3n) is 8.74. The number of aryl methyl sites for hydroxylation is 1. The molecule has 2 amide bonds. The molecule has 14 heteroatoms. The van der Waals surface area contributed by atoms with Crippen molar-refractivity contribution in [2.75, 3.05) is 13.2 Å². The van der Waals surface area contributed by atoms with E-state index in [1.165, 1.54) is 13.0 Å². The molecule has 0 radical (unpaired) electrons. The highest BCUT2D eigenvalue weighted by Gasteiger charge is 2.44. The minimum absolute atomic E-state index is 0.0751. The number of aliphatic hydroxyl groups is 5. The Hall–Kier alpha value is -2.56. The van der Waals surface area contributed by atoms with Crippen molar-refractivity contribution in [3.8, 4) is 0 Å². The van der Waals surface area contributed by atoms with Crippen molar-refractivity contribution in [3.63, 3.8) is 0 Å². The fraction of sp³-hybridized carbons (Fsp3) is 0.611. The molecular formula is C36H51BrF2N2O9. The number of halogens is 3. The van der Waals surface area contributed by atoms with Crippen LogP contribution in [0.5, 0.6) is 0 Å². The van der Waals surface area contributed by atoms with Gasteiger partial charge in [0.2, 0.25) is 11.8 Å². The van der Waals surface area contributed by atoms with Gasteiger partial charge in [-0.05, 0) is 61.6 Å². The molecule has 1 fully saturated rings. The van der Waals surface area contributed by atoms with Gasteiger partial charge in [-0.2, -0.15) is 0 Å². The number of nitrogens with one attached hydrogen (secondary N) is 2. The second-order valence-electron chi connectivity index (χ2n) is 12.9. The van der Waals surface area contributed by atoms with Crippen molar-refractivity contribution >= 4 is 27.7 Å². The van der Waals surface area contributed by atoms with Gasteiger partial charge in [-0.25, -0.2) is 8.78 Å². The van der Waals surface area contributed by atoms with E-state index in [-0.39, 0.29) is 37.8 Å². The first-order valence-electron chi connectivity index (χ1n) is 17.3. The van der Waals surface area contributed by atoms with Crippen molar-refractivity contribution in [3.05, 3.63) is 69.7 Å². The summed E-state index contributed by atoms with van der Waals surface area (Å²) in [5, 5.41) is 57.3. The SMILES string of the molecule is C[C@@H](O)[C@@H](O)[C@H](CO[C@H]1OC(CNC(=O)Cc2ccc(Br)cc2)[C@H](O)C(O)C1O)NC(=O)CCCCCCCCCCc1ccc(F)c(F)c1. The van der Waals surface area contributed by atoms with Crippen LogP contribution < -0.4 is 10.6 Å². The Kier molecular flexibility index (Phi) is 18.2. The summed E-state index contributed by atoms with van der Waals surface area (Å²) in [4.78, 5) is 25.2. The lowest BCUT2D eigenvalue weighted by molar-refractivity contribution is -0.297. The Morgan fingerprint density at radius 2 is 1.46 bits per heavy atom. The minimum atomic E-state index is -1.67. The van der Waals surface area contributed by atoms with Crippen LogP contribution in [0.25, 0.3) is 0 Å². The summed E-state index contributed by atoms with van der Waals surface area (Å²) >= 11 is 3.34. The maximum atomic E-state index is 13.3. The number of hydrogen-bond donors (Lipinski definition) is 7. The number of carbonyl (C=O) groups is 2. The number of hydrogen-bond acceptors (Lipinski definition) is 9. The molecule has 280 valence electrons. The molecule has 50 heavy (non-hydrogen) atoms. The van der Waals surface area contributed by atoms with Crippen LogP contribution in [-0.2, 0) is 31.9 Å². The van der Waals surface area contributed by atoms with Crippen LogP contribution in [-0.4, -0.2) is 99.5 Å². The normalized spacial score (nSPS) is 22.5. The van der Waals surface area contributed by atoms with Gasteiger partial charge >= 0.3 is 0 Å². The molecule has 3 rings (SSSR count). The van der Waals surface area contributed by atoms with Crippen molar-refractivity contribution in [2.45, 2.75) is 127 Å². The van der Waals surface area contributed by atoms with E-state index in [9.17, 15) is 43.9 Å². The largest absolute Gasteiger partial charge is 0.391 e. The third-order valence-corrected chi connectivity index (χ3v) is 9.27. The molecule has 0 bridgehead atoms. The van der Waals surface area contributed by atoms with E-state index >= 15 is 0 Å². The lowest BCUT2D eigenvalue weighted by Crippen LogP contribution is -2.61. The zero-order chi connectivity index (χ0) is 36.6. The van der Waals surface area contributed by atoms with Crippen LogP contribution in [0, 0.1) is 11.6 Å². The lowest BCUT2D eigenvalue weighted by Gasteiger charge is -2.41. The second kappa shape index (κ2) is 21.7. The van der Waals surface area contributed by atoms with E-state index in [0.29, 0.717) is 12.8 Å². The van der Waals surface area contributed by atoms with E-state index in [2.05, 4.69) is 26.6 Å². The van der Waals surface area contributed by atoms with E-state index in [0.717, 1.165) is 66.6 Å². The summed E-state index contributed by atoms with van der Waals surface area (Å²) in [5.41, 5.74) is 1.55. The topological polar surface area (TPSA) is 178 Å². The van der Waals surface area contributed by atoms with Gasteiger partial charge in [0.25, 0.3) is 0 Å². The van der Waals surface area contributed by atoms with E-state index < -0.39 is 60.6 Å². The molecule has 0 aliphatic carbocycles. The van der Waals surface area contributed by atoms with Gasteiger partial charge in [-0.1, -0.05) is 72.7 Å². The smallest absolute Gasteiger partial charge is 0.224 e. The Balaban J connectivity index is 1.36. The molecule has 3 unspecified atom stereocenters. The lowest BCUT2D eigenvalue weighted by atomic mass is 9.98. The number of unbranched alkanes of at least 4 members (excludes halogenated alkanes) is 7. The first-order chi connectivity index (χ1) is 23.8. The van der Waals surface area contributed by atoms with Gasteiger partial charge < -0.3 is 45.6 Å². The first-order valence-corrected chi connectivity index (χ1v) is 18.1. The summed E-state index contributed by atoms with van der Waals surface area (Å²) in [6, 6.07) is 10.1. The fourth-order valence-electron chi connectivity index (χ4n) is 5.70. The predicted octanol–water partition coefficient (Wildman–Crippen LogP) is 3.19. The molecule has 2 aromatic rings. The van der Waals surface area contributed by atoms with Crippen LogP contribution in [0.1, 0.15) is 75.8 Å². The molecule has 1 aliphatic rings. The average Bonchev–Trinajstić information content (AvgIpc) is 3.08. The third kappa shape index (κ3) is 14.2. The second-order valence-corrected chi connectivity index (χ2v) is 13.9. The number of amides is 2. The Labute approximate surface area is 300 Å². The summed E-state index contributed by atoms with van der Waals surface area (Å²) in [6.07, 6.45) is -1.79. The number of aliphatic hydroxyl groups excluding tert-OH is 5. The van der Waals surface area contributed by atoms with Crippen LogP contribution in [0.15, 0.2) is 46.9 Å². The highest BCUT2D eigenvalue weighted by Crippen LogP contribution is 2.23. The first kappa shape index (κ1) is 41.9. The maximum absolute atomic E-state index is 13.3. The summed E-state index contributed by atoms with van der Waals surface area (Å²) in [6.45, 7) is 0.781. The highest BCUT2D eigenvalue weighted by atomic mass is 79.9. The van der Waals surface area contributed by atoms with E-state index in [4.69, 9.17) is 9.47 Å². The standard InChI is InChI=1S/C36H51BrF2N2O9/c1-22(42)32(45)28(41-30(43)11-9-7-5-3-2-4-6-8-10-23-14-17-26(38)27(39)18-23)21-49-36-35(48)34(47)33(46)29(50-36)20-40-31(44)19-24-12-15-25(37)16-13-24/h12-18,22,28-29,32-36,42,45-48H,2-11,19-21H2,1H3,(H,40,44)(H,41,43)/t22-,28+,29?,32-,33+,34?,35?,36+/m1/s1. The molecule has 0 spiro atoms. The summed E-state index contributed by atoms with van der Waals surface area (Å²) in [5.74, 6) is -2.37. The minimum Gasteiger partial charge on any atom is -0.391 e. The summed E-state index contributed by atoms with van der Waals surface area (Å²) < 4.78 is 38.5. The van der Waals surface area contributed by atoms with E-state index in [1.54, 1.807) is 30.3 Å².